The van der Waals surface area contributed by atoms with Crippen molar-refractivity contribution in [2.45, 2.75) is 65.1 Å². The number of ether oxygens (including phenoxy) is 2. The predicted octanol–water partition coefficient (Wildman–Crippen LogP) is 4.95. The van der Waals surface area contributed by atoms with E-state index in [4.69, 9.17) is 9.47 Å². The van der Waals surface area contributed by atoms with Gasteiger partial charge in [0.25, 0.3) is 5.91 Å². The normalized spacial score (nSPS) is 13.6. The Hall–Kier alpha value is -2.14. The first-order valence-electron chi connectivity index (χ1n) is 9.32. The number of unbranched alkanes of at least 4 members (excludes halogenated alkanes) is 2. The summed E-state index contributed by atoms with van der Waals surface area (Å²) in [6, 6.07) is 7.51. The Labute approximate surface area is 156 Å². The first kappa shape index (κ1) is 20.2. The number of methoxy groups -OCH3 is 1. The molecule has 1 amide bonds. The predicted molar refractivity (Wildman–Crippen MR) is 106 cm³/mol. The van der Waals surface area contributed by atoms with E-state index in [1.165, 1.54) is 0 Å². The van der Waals surface area contributed by atoms with Crippen LogP contribution in [0.2, 0.25) is 0 Å². The Morgan fingerprint density at radius 3 is 2.69 bits per heavy atom. The lowest BCUT2D eigenvalue weighted by Gasteiger charge is -2.27. The molecule has 0 saturated heterocycles. The number of pyridine rings is 1. The van der Waals surface area contributed by atoms with Crippen molar-refractivity contribution in [2.75, 3.05) is 12.4 Å². The van der Waals surface area contributed by atoms with Gasteiger partial charge in [-0.25, -0.2) is 0 Å². The maximum absolute atomic E-state index is 12.9. The van der Waals surface area contributed by atoms with Crippen LogP contribution in [-0.4, -0.2) is 29.7 Å². The molecule has 0 unspecified atom stereocenters. The average Bonchev–Trinajstić information content (AvgIpc) is 2.63. The standard InChI is InChI=1S/C21H30N2O3/c1-6-7-8-13-21(4,25-5)20(24)23-17-11-12-18(26-15(2)3)19-16(17)10-9-14-22-19/h9-12,14-15H,6-8,13H2,1-5H3,(H,23,24)/t21-/m0/s1. The molecule has 5 nitrogen and oxygen atoms in total. The lowest BCUT2D eigenvalue weighted by molar-refractivity contribution is -0.136. The van der Waals surface area contributed by atoms with Crippen molar-refractivity contribution in [1.29, 1.82) is 0 Å². The van der Waals surface area contributed by atoms with Crippen LogP contribution in [-0.2, 0) is 9.53 Å². The van der Waals surface area contributed by atoms with Crippen LogP contribution in [0.15, 0.2) is 30.5 Å². The molecular formula is C21H30N2O3. The highest BCUT2D eigenvalue weighted by atomic mass is 16.5. The minimum Gasteiger partial charge on any atom is -0.489 e. The number of anilines is 1. The Balaban J connectivity index is 2.28. The smallest absolute Gasteiger partial charge is 0.256 e. The second-order valence-corrected chi connectivity index (χ2v) is 7.02. The molecule has 1 aromatic carbocycles. The van der Waals surface area contributed by atoms with Gasteiger partial charge < -0.3 is 14.8 Å². The van der Waals surface area contributed by atoms with Gasteiger partial charge in [0.2, 0.25) is 0 Å². The summed E-state index contributed by atoms with van der Waals surface area (Å²) in [7, 11) is 1.59. The summed E-state index contributed by atoms with van der Waals surface area (Å²) in [5.41, 5.74) is 0.605. The van der Waals surface area contributed by atoms with Gasteiger partial charge in [0.1, 0.15) is 16.9 Å². The lowest BCUT2D eigenvalue weighted by atomic mass is 9.96. The molecule has 1 N–H and O–H groups in total. The second kappa shape index (κ2) is 8.99. The van der Waals surface area contributed by atoms with Gasteiger partial charge in [-0.15, -0.1) is 0 Å². The minimum atomic E-state index is -0.850. The minimum absolute atomic E-state index is 0.0518. The fourth-order valence-electron chi connectivity index (χ4n) is 2.88. The molecule has 0 aliphatic heterocycles. The third kappa shape index (κ3) is 4.73. The molecule has 26 heavy (non-hydrogen) atoms. The fourth-order valence-corrected chi connectivity index (χ4v) is 2.88. The SMILES string of the molecule is CCCCC[C@](C)(OC)C(=O)Nc1ccc(OC(C)C)c2ncccc12. The number of nitrogens with one attached hydrogen (secondary N) is 1. The van der Waals surface area contributed by atoms with E-state index in [1.54, 1.807) is 13.3 Å². The van der Waals surface area contributed by atoms with Gasteiger partial charge in [-0.2, -0.15) is 0 Å². The number of fused-ring (bicyclic) bond motifs is 1. The van der Waals surface area contributed by atoms with Crippen molar-refractivity contribution in [3.05, 3.63) is 30.5 Å². The van der Waals surface area contributed by atoms with Crippen LogP contribution in [0.25, 0.3) is 10.9 Å². The highest BCUT2D eigenvalue weighted by molar-refractivity contribution is 6.05. The summed E-state index contributed by atoms with van der Waals surface area (Å²) < 4.78 is 11.4. The summed E-state index contributed by atoms with van der Waals surface area (Å²) in [5, 5.41) is 3.88. The Kier molecular flexibility index (Phi) is 6.98. The number of rotatable bonds is 9. The quantitative estimate of drug-likeness (QED) is 0.645. The van der Waals surface area contributed by atoms with Crippen LogP contribution in [0.3, 0.4) is 0 Å². The summed E-state index contributed by atoms with van der Waals surface area (Å²) in [4.78, 5) is 17.3. The number of hydrogen-bond acceptors (Lipinski definition) is 4. The first-order chi connectivity index (χ1) is 12.4. The number of hydrogen-bond donors (Lipinski definition) is 1. The van der Waals surface area contributed by atoms with E-state index < -0.39 is 5.60 Å². The number of aromatic nitrogens is 1. The molecule has 0 saturated carbocycles. The molecule has 0 fully saturated rings. The van der Waals surface area contributed by atoms with E-state index in [-0.39, 0.29) is 12.0 Å². The zero-order chi connectivity index (χ0) is 19.2. The van der Waals surface area contributed by atoms with Gasteiger partial charge in [0.15, 0.2) is 0 Å². The van der Waals surface area contributed by atoms with Crippen molar-refractivity contribution in [1.82, 2.24) is 4.98 Å². The molecule has 0 spiro atoms. The Morgan fingerprint density at radius 2 is 2.04 bits per heavy atom. The van der Waals surface area contributed by atoms with E-state index in [0.29, 0.717) is 17.9 Å². The zero-order valence-corrected chi connectivity index (χ0v) is 16.5. The number of carbonyl (C=O) groups is 1. The number of benzene rings is 1. The lowest BCUT2D eigenvalue weighted by Crippen LogP contribution is -2.42. The molecule has 2 aromatic rings. The summed E-state index contributed by atoms with van der Waals surface area (Å²) in [5.74, 6) is 0.574. The summed E-state index contributed by atoms with van der Waals surface area (Å²) in [6.45, 7) is 7.94. The van der Waals surface area contributed by atoms with E-state index in [1.807, 2.05) is 45.0 Å². The molecule has 0 aliphatic rings. The van der Waals surface area contributed by atoms with E-state index in [9.17, 15) is 4.79 Å². The molecule has 0 bridgehead atoms. The number of amides is 1. The molecule has 2 rings (SSSR count). The topological polar surface area (TPSA) is 60.5 Å². The zero-order valence-electron chi connectivity index (χ0n) is 16.5. The van der Waals surface area contributed by atoms with Crippen molar-refractivity contribution in [3.8, 4) is 5.75 Å². The Bertz CT molecular complexity index is 745. The van der Waals surface area contributed by atoms with Gasteiger partial charge in [-0.3, -0.25) is 9.78 Å². The molecule has 1 aromatic heterocycles. The maximum Gasteiger partial charge on any atom is 0.256 e. The van der Waals surface area contributed by atoms with Gasteiger partial charge in [0.05, 0.1) is 11.8 Å². The molecular weight excluding hydrogens is 328 g/mol. The van der Waals surface area contributed by atoms with Gasteiger partial charge in [0, 0.05) is 18.7 Å². The molecule has 5 heteroatoms. The molecule has 0 aliphatic carbocycles. The monoisotopic (exact) mass is 358 g/mol. The van der Waals surface area contributed by atoms with Gasteiger partial charge in [-0.05, 0) is 51.5 Å². The number of carbonyl (C=O) groups excluding carboxylic acids is 1. The van der Waals surface area contributed by atoms with Crippen molar-refractivity contribution < 1.29 is 14.3 Å². The largest absolute Gasteiger partial charge is 0.489 e. The van der Waals surface area contributed by atoms with Crippen molar-refractivity contribution >= 4 is 22.5 Å². The van der Waals surface area contributed by atoms with E-state index >= 15 is 0 Å². The van der Waals surface area contributed by atoms with Crippen LogP contribution in [0, 0.1) is 0 Å². The van der Waals surface area contributed by atoms with Gasteiger partial charge in [-0.1, -0.05) is 26.2 Å². The summed E-state index contributed by atoms with van der Waals surface area (Å²) >= 11 is 0. The van der Waals surface area contributed by atoms with Crippen LogP contribution >= 0.6 is 0 Å². The highest BCUT2D eigenvalue weighted by Gasteiger charge is 2.32. The molecule has 142 valence electrons. The second-order valence-electron chi connectivity index (χ2n) is 7.02. The third-order valence-corrected chi connectivity index (χ3v) is 4.53. The van der Waals surface area contributed by atoms with Crippen molar-refractivity contribution in [3.63, 3.8) is 0 Å². The third-order valence-electron chi connectivity index (χ3n) is 4.53. The molecule has 1 heterocycles. The fraction of sp³-hybridized carbons (Fsp3) is 0.524. The van der Waals surface area contributed by atoms with Crippen LogP contribution in [0.1, 0.15) is 53.4 Å². The molecule has 1 atom stereocenters. The average molecular weight is 358 g/mol. The Morgan fingerprint density at radius 1 is 1.27 bits per heavy atom. The number of nitrogens with zero attached hydrogens (tertiary/aromatic N) is 1. The summed E-state index contributed by atoms with van der Waals surface area (Å²) in [6.07, 6.45) is 5.61. The van der Waals surface area contributed by atoms with Crippen LogP contribution < -0.4 is 10.1 Å². The van der Waals surface area contributed by atoms with Gasteiger partial charge >= 0.3 is 0 Å². The first-order valence-corrected chi connectivity index (χ1v) is 9.32. The highest BCUT2D eigenvalue weighted by Crippen LogP contribution is 2.31. The van der Waals surface area contributed by atoms with Crippen LogP contribution in [0.5, 0.6) is 5.75 Å². The van der Waals surface area contributed by atoms with Crippen molar-refractivity contribution in [2.24, 2.45) is 0 Å². The maximum atomic E-state index is 12.9. The van der Waals surface area contributed by atoms with E-state index in [2.05, 4.69) is 17.2 Å². The molecule has 0 radical (unpaired) electrons. The van der Waals surface area contributed by atoms with E-state index in [0.717, 1.165) is 30.2 Å². The van der Waals surface area contributed by atoms with Crippen LogP contribution in [0.4, 0.5) is 5.69 Å².